The lowest BCUT2D eigenvalue weighted by Crippen LogP contribution is -2.40. The van der Waals surface area contributed by atoms with Gasteiger partial charge in [-0.2, -0.15) is 0 Å². The topological polar surface area (TPSA) is 147 Å². The first-order valence-corrected chi connectivity index (χ1v) is 12.8. The van der Waals surface area contributed by atoms with Crippen LogP contribution in [-0.4, -0.2) is 42.1 Å². The molecule has 160 valence electrons. The van der Waals surface area contributed by atoms with Gasteiger partial charge in [-0.25, -0.2) is 13.1 Å². The third-order valence-electron chi connectivity index (χ3n) is 4.46. The van der Waals surface area contributed by atoms with Crippen molar-refractivity contribution in [1.29, 1.82) is 0 Å². The Balaban J connectivity index is 3.16. The highest BCUT2D eigenvalue weighted by atomic mass is 32.2. The smallest absolute Gasteiger partial charge is 0.311 e. The lowest BCUT2D eigenvalue weighted by atomic mass is 9.99. The Bertz CT molecular complexity index is 812. The molecule has 10 heteroatoms. The number of hydrogen-bond donors (Lipinski definition) is 4. The van der Waals surface area contributed by atoms with Crippen molar-refractivity contribution in [3.8, 4) is 0 Å². The number of carbonyl (C=O) groups is 1. The second kappa shape index (κ2) is 10.5. The number of carboxylic acids is 1. The van der Waals surface area contributed by atoms with Gasteiger partial charge in [0.1, 0.15) is 5.78 Å². The zero-order chi connectivity index (χ0) is 21.5. The molecule has 5 N–H and O–H groups in total. The Labute approximate surface area is 167 Å². The Hall–Kier alpha value is -1.25. The van der Waals surface area contributed by atoms with Gasteiger partial charge in [0.2, 0.25) is 17.4 Å². The van der Waals surface area contributed by atoms with Gasteiger partial charge in [-0.1, -0.05) is 51.5 Å². The van der Waals surface area contributed by atoms with Gasteiger partial charge in [-0.3, -0.25) is 9.36 Å². The summed E-state index contributed by atoms with van der Waals surface area (Å²) in [5.74, 6) is -4.39. The van der Waals surface area contributed by atoms with E-state index in [9.17, 15) is 27.8 Å². The Morgan fingerprint density at radius 1 is 1.32 bits per heavy atom. The molecule has 0 aliphatic carbocycles. The lowest BCUT2D eigenvalue weighted by molar-refractivity contribution is -0.138. The van der Waals surface area contributed by atoms with Gasteiger partial charge in [0.05, 0.1) is 11.7 Å². The van der Waals surface area contributed by atoms with E-state index in [1.54, 1.807) is 38.1 Å². The third-order valence-corrected chi connectivity index (χ3v) is 8.56. The molecule has 3 atom stereocenters. The van der Waals surface area contributed by atoms with E-state index in [1.165, 1.54) is 0 Å². The highest BCUT2D eigenvalue weighted by Crippen LogP contribution is 2.51. The molecule has 2 unspecified atom stereocenters. The summed E-state index contributed by atoms with van der Waals surface area (Å²) in [6.45, 7) is 5.31. The van der Waals surface area contributed by atoms with Crippen molar-refractivity contribution in [2.75, 3.05) is 11.9 Å². The van der Waals surface area contributed by atoms with Crippen LogP contribution in [-0.2, 0) is 25.9 Å². The summed E-state index contributed by atoms with van der Waals surface area (Å²) in [4.78, 5) is 22.5. The van der Waals surface area contributed by atoms with Crippen LogP contribution in [0.25, 0.3) is 0 Å². The highest BCUT2D eigenvalue weighted by molar-refractivity contribution is 7.89. The highest BCUT2D eigenvalue weighted by Gasteiger charge is 2.40. The van der Waals surface area contributed by atoms with Gasteiger partial charge >= 0.3 is 5.97 Å². The monoisotopic (exact) mass is 434 g/mol. The maximum absolute atomic E-state index is 13.1. The van der Waals surface area contributed by atoms with Crippen LogP contribution in [0, 0.1) is 5.92 Å². The van der Waals surface area contributed by atoms with Crippen molar-refractivity contribution in [2.24, 2.45) is 11.7 Å². The van der Waals surface area contributed by atoms with Gasteiger partial charge in [-0.15, -0.1) is 0 Å². The van der Waals surface area contributed by atoms with Crippen LogP contribution < -0.4 is 10.5 Å². The van der Waals surface area contributed by atoms with Gasteiger partial charge in [-0.05, 0) is 23.5 Å². The largest absolute Gasteiger partial charge is 0.481 e. The number of unbranched alkanes of at least 4 members (excludes halogenated alkanes) is 1. The van der Waals surface area contributed by atoms with Crippen molar-refractivity contribution in [1.82, 2.24) is 4.72 Å². The minimum atomic E-state index is -4.19. The molecular weight excluding hydrogens is 403 g/mol. The van der Waals surface area contributed by atoms with Crippen molar-refractivity contribution >= 4 is 23.4 Å². The van der Waals surface area contributed by atoms with Crippen LogP contribution >= 0.6 is 7.37 Å². The average Bonchev–Trinajstić information content (AvgIpc) is 2.62. The molecule has 0 heterocycles. The van der Waals surface area contributed by atoms with E-state index in [1.807, 2.05) is 6.92 Å². The maximum atomic E-state index is 13.1. The zero-order valence-corrected chi connectivity index (χ0v) is 18.2. The predicted octanol–water partition coefficient (Wildman–Crippen LogP) is 2.29. The molecule has 0 aromatic heterocycles. The second-order valence-electron chi connectivity index (χ2n) is 7.26. The second-order valence-corrected chi connectivity index (χ2v) is 11.6. The maximum Gasteiger partial charge on any atom is 0.311 e. The fraction of sp³-hybridized carbons (Fsp3) is 0.611. The summed E-state index contributed by atoms with van der Waals surface area (Å²) in [5.41, 5.74) is 6.66. The minimum Gasteiger partial charge on any atom is -0.481 e. The molecule has 0 spiro atoms. The molecule has 0 radical (unpaired) electrons. The van der Waals surface area contributed by atoms with Crippen LogP contribution in [0.3, 0.4) is 0 Å². The van der Waals surface area contributed by atoms with Crippen LogP contribution in [0.4, 0.5) is 0 Å². The van der Waals surface area contributed by atoms with E-state index in [-0.39, 0.29) is 12.3 Å². The van der Waals surface area contributed by atoms with Crippen LogP contribution in [0.5, 0.6) is 0 Å². The molecule has 1 aromatic carbocycles. The van der Waals surface area contributed by atoms with E-state index < -0.39 is 47.1 Å². The number of nitrogens with two attached hydrogens (primary N) is 1. The van der Waals surface area contributed by atoms with E-state index in [2.05, 4.69) is 4.72 Å². The molecule has 28 heavy (non-hydrogen) atoms. The Kier molecular flexibility index (Phi) is 9.30. The van der Waals surface area contributed by atoms with Gasteiger partial charge in [0.25, 0.3) is 0 Å². The summed E-state index contributed by atoms with van der Waals surface area (Å²) in [6, 6.07) is 6.53. The molecule has 0 bridgehead atoms. The molecule has 0 saturated heterocycles. The Morgan fingerprint density at radius 3 is 2.46 bits per heavy atom. The molecule has 0 fully saturated rings. The number of rotatable bonds is 12. The molecule has 8 nitrogen and oxygen atoms in total. The number of carboxylic acid groups (broad SMARTS) is 1. The minimum absolute atomic E-state index is 0.145. The summed E-state index contributed by atoms with van der Waals surface area (Å²) in [7, 11) is -7.94. The SMILES string of the molecule is CCCCS(=O)(=O)N[C@H](C(C)C)P(=O)(O)CC(C(=O)O)c1cccc(CN)c1. The van der Waals surface area contributed by atoms with Crippen molar-refractivity contribution < 1.29 is 27.8 Å². The first-order chi connectivity index (χ1) is 12.9. The quantitative estimate of drug-likeness (QED) is 0.369. The standard InChI is InChI=1S/C18H31N2O6PS/c1-4-5-9-28(25,26)20-17(13(2)3)27(23,24)12-16(18(21)22)15-8-6-7-14(10-15)11-19/h6-8,10,13,16-17,20H,4-5,9,11-12,19H2,1-3H3,(H,21,22)(H,23,24)/t16?,17-/m0/s1. The molecule has 0 aliphatic heterocycles. The van der Waals surface area contributed by atoms with Gasteiger partial charge in [0.15, 0.2) is 0 Å². The van der Waals surface area contributed by atoms with Gasteiger partial charge < -0.3 is 15.7 Å². The fourth-order valence-corrected chi connectivity index (χ4v) is 7.52. The first kappa shape index (κ1) is 24.8. The van der Waals surface area contributed by atoms with E-state index >= 15 is 0 Å². The molecule has 0 aliphatic rings. The van der Waals surface area contributed by atoms with Crippen molar-refractivity contribution in [3.63, 3.8) is 0 Å². The third kappa shape index (κ3) is 7.29. The first-order valence-electron chi connectivity index (χ1n) is 9.26. The molecular formula is C18H31N2O6PS. The van der Waals surface area contributed by atoms with Crippen molar-refractivity contribution in [3.05, 3.63) is 35.4 Å². The number of sulfonamides is 1. The average molecular weight is 434 g/mol. The summed E-state index contributed by atoms with van der Waals surface area (Å²) >= 11 is 0. The lowest BCUT2D eigenvalue weighted by Gasteiger charge is -2.29. The van der Waals surface area contributed by atoms with E-state index in [0.29, 0.717) is 24.0 Å². The summed E-state index contributed by atoms with van der Waals surface area (Å²) < 4.78 is 39.9. The van der Waals surface area contributed by atoms with E-state index in [4.69, 9.17) is 5.73 Å². The summed E-state index contributed by atoms with van der Waals surface area (Å²) in [5, 5.41) is 9.62. The number of aliphatic carboxylic acids is 1. The molecule has 1 rings (SSSR count). The number of hydrogen-bond acceptors (Lipinski definition) is 5. The van der Waals surface area contributed by atoms with Crippen molar-refractivity contribution in [2.45, 2.75) is 51.9 Å². The zero-order valence-electron chi connectivity index (χ0n) is 16.5. The normalized spacial score (nSPS) is 16.5. The van der Waals surface area contributed by atoms with Crippen LogP contribution in [0.1, 0.15) is 50.7 Å². The van der Waals surface area contributed by atoms with Gasteiger partial charge in [0, 0.05) is 12.7 Å². The Morgan fingerprint density at radius 2 is 1.96 bits per heavy atom. The van der Waals surface area contributed by atoms with Crippen LogP contribution in [0.2, 0.25) is 0 Å². The fourth-order valence-electron chi connectivity index (χ4n) is 2.90. The number of nitrogens with one attached hydrogen (secondary N) is 1. The molecule has 1 aromatic rings. The van der Waals surface area contributed by atoms with E-state index in [0.717, 1.165) is 0 Å². The molecule has 0 amide bonds. The summed E-state index contributed by atoms with van der Waals surface area (Å²) in [6.07, 6.45) is 0.525. The van der Waals surface area contributed by atoms with Crippen LogP contribution in [0.15, 0.2) is 24.3 Å². The molecule has 0 saturated carbocycles. The number of benzene rings is 1. The predicted molar refractivity (Wildman–Crippen MR) is 110 cm³/mol.